The third kappa shape index (κ3) is 9.30. The molecule has 0 aliphatic rings. The fourth-order valence-corrected chi connectivity index (χ4v) is 0.776. The molecule has 0 heterocycles. The zero-order chi connectivity index (χ0) is 10.5. The molecule has 0 spiro atoms. The molecule has 1 atom stereocenters. The molecule has 2 N–H and O–H groups in total. The Morgan fingerprint density at radius 3 is 2.46 bits per heavy atom. The molecule has 78 valence electrons. The van der Waals surface area contributed by atoms with Gasteiger partial charge in [0.2, 0.25) is 0 Å². The monoisotopic (exact) mass is 189 g/mol. The SMILES string of the molecule is CC(O)NCCC(=O)OC(C)(C)C. The fourth-order valence-electron chi connectivity index (χ4n) is 0.776. The molecule has 0 rings (SSSR count). The van der Waals surface area contributed by atoms with E-state index in [9.17, 15) is 4.79 Å². The summed E-state index contributed by atoms with van der Waals surface area (Å²) in [6.45, 7) is 7.52. The number of esters is 1. The number of hydrogen-bond acceptors (Lipinski definition) is 4. The van der Waals surface area contributed by atoms with Crippen LogP contribution >= 0.6 is 0 Å². The minimum atomic E-state index is -0.581. The molecular formula is C9H19NO3. The molecular weight excluding hydrogens is 170 g/mol. The summed E-state index contributed by atoms with van der Waals surface area (Å²) in [6, 6.07) is 0. The Bertz CT molecular complexity index is 161. The number of aliphatic hydroxyl groups excluding tert-OH is 1. The van der Waals surface area contributed by atoms with Crippen LogP contribution in [0.3, 0.4) is 0 Å². The molecule has 0 radical (unpaired) electrons. The lowest BCUT2D eigenvalue weighted by molar-refractivity contribution is -0.154. The predicted molar refractivity (Wildman–Crippen MR) is 50.1 cm³/mol. The first-order chi connectivity index (χ1) is 5.81. The number of nitrogens with one attached hydrogen (secondary N) is 1. The van der Waals surface area contributed by atoms with Gasteiger partial charge in [0.05, 0.1) is 6.42 Å². The second kappa shape index (κ2) is 5.19. The minimum Gasteiger partial charge on any atom is -0.460 e. The summed E-state index contributed by atoms with van der Waals surface area (Å²) in [4.78, 5) is 11.1. The summed E-state index contributed by atoms with van der Waals surface area (Å²) >= 11 is 0. The first-order valence-electron chi connectivity index (χ1n) is 4.44. The van der Waals surface area contributed by atoms with Crippen LogP contribution in [-0.4, -0.2) is 29.4 Å². The van der Waals surface area contributed by atoms with Crippen molar-refractivity contribution in [3.63, 3.8) is 0 Å². The largest absolute Gasteiger partial charge is 0.460 e. The van der Waals surface area contributed by atoms with Gasteiger partial charge in [0.1, 0.15) is 11.8 Å². The lowest BCUT2D eigenvalue weighted by Crippen LogP contribution is -2.30. The molecule has 13 heavy (non-hydrogen) atoms. The second-order valence-electron chi connectivity index (χ2n) is 3.97. The normalized spacial score (nSPS) is 13.9. The lowest BCUT2D eigenvalue weighted by Gasteiger charge is -2.19. The molecule has 0 aromatic carbocycles. The molecule has 0 aliphatic carbocycles. The van der Waals surface area contributed by atoms with Crippen LogP contribution in [0.2, 0.25) is 0 Å². The quantitative estimate of drug-likeness (QED) is 0.503. The van der Waals surface area contributed by atoms with Crippen molar-refractivity contribution in [1.82, 2.24) is 5.32 Å². The number of hydrogen-bond donors (Lipinski definition) is 2. The van der Waals surface area contributed by atoms with Crippen LogP contribution in [0.25, 0.3) is 0 Å². The maximum Gasteiger partial charge on any atom is 0.307 e. The first kappa shape index (κ1) is 12.4. The van der Waals surface area contributed by atoms with Gasteiger partial charge in [-0.15, -0.1) is 0 Å². The van der Waals surface area contributed by atoms with Crippen LogP contribution in [0, 0.1) is 0 Å². The van der Waals surface area contributed by atoms with Gasteiger partial charge in [-0.2, -0.15) is 0 Å². The Balaban J connectivity index is 3.53. The van der Waals surface area contributed by atoms with Gasteiger partial charge in [0, 0.05) is 6.54 Å². The van der Waals surface area contributed by atoms with Crippen molar-refractivity contribution >= 4 is 5.97 Å². The van der Waals surface area contributed by atoms with Crippen LogP contribution in [0.1, 0.15) is 34.1 Å². The Morgan fingerprint density at radius 1 is 1.54 bits per heavy atom. The highest BCUT2D eigenvalue weighted by molar-refractivity contribution is 5.70. The lowest BCUT2D eigenvalue weighted by atomic mass is 10.2. The van der Waals surface area contributed by atoms with Crippen molar-refractivity contribution in [2.45, 2.75) is 45.9 Å². The third-order valence-corrected chi connectivity index (χ3v) is 1.19. The first-order valence-corrected chi connectivity index (χ1v) is 4.44. The number of carbonyl (C=O) groups excluding carboxylic acids is 1. The van der Waals surface area contributed by atoms with Gasteiger partial charge in [-0.25, -0.2) is 0 Å². The van der Waals surface area contributed by atoms with Crippen LogP contribution in [0.4, 0.5) is 0 Å². The zero-order valence-corrected chi connectivity index (χ0v) is 8.76. The van der Waals surface area contributed by atoms with Crippen LogP contribution < -0.4 is 5.32 Å². The number of ether oxygens (including phenoxy) is 1. The van der Waals surface area contributed by atoms with E-state index in [0.717, 1.165) is 0 Å². The van der Waals surface area contributed by atoms with Crippen molar-refractivity contribution < 1.29 is 14.6 Å². The van der Waals surface area contributed by atoms with Gasteiger partial charge in [0.15, 0.2) is 0 Å². The van der Waals surface area contributed by atoms with Crippen LogP contribution in [0.15, 0.2) is 0 Å². The van der Waals surface area contributed by atoms with E-state index >= 15 is 0 Å². The number of carbonyl (C=O) groups is 1. The summed E-state index contributed by atoms with van der Waals surface area (Å²) in [5.74, 6) is -0.249. The van der Waals surface area contributed by atoms with E-state index in [1.165, 1.54) is 0 Å². The van der Waals surface area contributed by atoms with E-state index in [1.807, 2.05) is 20.8 Å². The molecule has 0 amide bonds. The second-order valence-corrected chi connectivity index (χ2v) is 3.97. The highest BCUT2D eigenvalue weighted by Gasteiger charge is 2.15. The molecule has 4 heteroatoms. The van der Waals surface area contributed by atoms with E-state index in [4.69, 9.17) is 9.84 Å². The summed E-state index contributed by atoms with van der Waals surface area (Å²) < 4.78 is 5.06. The van der Waals surface area contributed by atoms with Gasteiger partial charge in [0.25, 0.3) is 0 Å². The van der Waals surface area contributed by atoms with Crippen molar-refractivity contribution in [2.75, 3.05) is 6.54 Å². The maximum absolute atomic E-state index is 11.1. The molecule has 1 unspecified atom stereocenters. The smallest absolute Gasteiger partial charge is 0.307 e. The average Bonchev–Trinajstić information content (AvgIpc) is 1.81. The van der Waals surface area contributed by atoms with E-state index < -0.39 is 11.8 Å². The molecule has 0 aromatic rings. The number of rotatable bonds is 4. The molecule has 4 nitrogen and oxygen atoms in total. The summed E-state index contributed by atoms with van der Waals surface area (Å²) in [6.07, 6.45) is -0.301. The summed E-state index contributed by atoms with van der Waals surface area (Å²) in [5.41, 5.74) is -0.429. The Hall–Kier alpha value is -0.610. The Labute approximate surface area is 79.3 Å². The Kier molecular flexibility index (Phi) is 4.95. The van der Waals surface area contributed by atoms with Gasteiger partial charge < -0.3 is 9.84 Å². The van der Waals surface area contributed by atoms with Crippen molar-refractivity contribution in [1.29, 1.82) is 0 Å². The minimum absolute atomic E-state index is 0.249. The highest BCUT2D eigenvalue weighted by atomic mass is 16.6. The van der Waals surface area contributed by atoms with E-state index in [1.54, 1.807) is 6.92 Å². The van der Waals surface area contributed by atoms with E-state index in [-0.39, 0.29) is 12.4 Å². The molecule has 0 aliphatic heterocycles. The zero-order valence-electron chi connectivity index (χ0n) is 8.76. The van der Waals surface area contributed by atoms with Crippen molar-refractivity contribution in [2.24, 2.45) is 0 Å². The maximum atomic E-state index is 11.1. The standard InChI is InChI=1S/C9H19NO3/c1-7(11)10-6-5-8(12)13-9(2,3)4/h7,10-11H,5-6H2,1-4H3. The van der Waals surface area contributed by atoms with Crippen molar-refractivity contribution in [3.8, 4) is 0 Å². The van der Waals surface area contributed by atoms with E-state index in [0.29, 0.717) is 6.54 Å². The summed E-state index contributed by atoms with van der Waals surface area (Å²) in [7, 11) is 0. The highest BCUT2D eigenvalue weighted by Crippen LogP contribution is 2.07. The average molecular weight is 189 g/mol. The van der Waals surface area contributed by atoms with E-state index in [2.05, 4.69) is 5.32 Å². The molecule has 0 aromatic heterocycles. The molecule has 0 fully saturated rings. The van der Waals surface area contributed by atoms with Crippen LogP contribution in [0.5, 0.6) is 0 Å². The topological polar surface area (TPSA) is 58.6 Å². The van der Waals surface area contributed by atoms with Gasteiger partial charge >= 0.3 is 5.97 Å². The molecule has 0 bridgehead atoms. The van der Waals surface area contributed by atoms with Gasteiger partial charge in [-0.1, -0.05) is 0 Å². The van der Waals surface area contributed by atoms with Gasteiger partial charge in [-0.05, 0) is 27.7 Å². The number of aliphatic hydroxyl groups is 1. The third-order valence-electron chi connectivity index (χ3n) is 1.19. The van der Waals surface area contributed by atoms with Crippen molar-refractivity contribution in [3.05, 3.63) is 0 Å². The molecule has 0 saturated carbocycles. The van der Waals surface area contributed by atoms with Gasteiger partial charge in [-0.3, -0.25) is 10.1 Å². The fraction of sp³-hybridized carbons (Fsp3) is 0.889. The Morgan fingerprint density at radius 2 is 2.08 bits per heavy atom. The molecule has 0 saturated heterocycles. The predicted octanol–water partition coefficient (Wildman–Crippen LogP) is 0.646. The van der Waals surface area contributed by atoms with Crippen LogP contribution in [-0.2, 0) is 9.53 Å². The summed E-state index contributed by atoms with van der Waals surface area (Å²) in [5, 5.41) is 11.6.